The Hall–Kier alpha value is -3.68. The van der Waals surface area contributed by atoms with E-state index in [0.29, 0.717) is 30.5 Å². The Morgan fingerprint density at radius 2 is 1.62 bits per heavy atom. The summed E-state index contributed by atoms with van der Waals surface area (Å²) in [5.41, 5.74) is 3.02. The standard InChI is InChI=1S/C21H25N7O/c1-14-4-6-17(7-5-14)27-21(29)24-11-10-23-19-13-20(26-16(3)25-19)28-18-12-15(2)8-9-22-18/h4-9,12-13H,10-11H2,1-3H3,(H2,24,27,29)(H2,22,23,25,26,28). The first-order valence-corrected chi connectivity index (χ1v) is 9.39. The molecule has 8 heteroatoms. The highest BCUT2D eigenvalue weighted by Gasteiger charge is 2.04. The zero-order chi connectivity index (χ0) is 20.6. The monoisotopic (exact) mass is 391 g/mol. The van der Waals surface area contributed by atoms with Crippen LogP contribution in [-0.4, -0.2) is 34.1 Å². The highest BCUT2D eigenvalue weighted by molar-refractivity contribution is 5.89. The van der Waals surface area contributed by atoms with Gasteiger partial charge >= 0.3 is 6.03 Å². The number of benzene rings is 1. The Labute approximate surface area is 170 Å². The Balaban J connectivity index is 1.48. The number of aromatic nitrogens is 3. The van der Waals surface area contributed by atoms with Gasteiger partial charge in [0.15, 0.2) is 0 Å². The maximum absolute atomic E-state index is 12.0. The minimum absolute atomic E-state index is 0.248. The Morgan fingerprint density at radius 1 is 0.862 bits per heavy atom. The molecule has 0 aliphatic carbocycles. The second-order valence-corrected chi connectivity index (χ2v) is 6.70. The van der Waals surface area contributed by atoms with Gasteiger partial charge in [-0.25, -0.2) is 19.7 Å². The topological polar surface area (TPSA) is 104 Å². The van der Waals surface area contributed by atoms with Crippen molar-refractivity contribution in [3.05, 3.63) is 65.6 Å². The average Bonchev–Trinajstić information content (AvgIpc) is 2.67. The van der Waals surface area contributed by atoms with Crippen LogP contribution in [0.3, 0.4) is 0 Å². The second-order valence-electron chi connectivity index (χ2n) is 6.70. The van der Waals surface area contributed by atoms with Crippen molar-refractivity contribution in [2.75, 3.05) is 29.0 Å². The van der Waals surface area contributed by atoms with Gasteiger partial charge in [0.1, 0.15) is 23.3 Å². The molecule has 0 atom stereocenters. The molecule has 0 saturated heterocycles. The van der Waals surface area contributed by atoms with Crippen LogP contribution in [0.25, 0.3) is 0 Å². The number of urea groups is 1. The van der Waals surface area contributed by atoms with E-state index in [4.69, 9.17) is 0 Å². The van der Waals surface area contributed by atoms with E-state index in [2.05, 4.69) is 36.2 Å². The fraction of sp³-hybridized carbons (Fsp3) is 0.238. The first-order valence-electron chi connectivity index (χ1n) is 9.39. The lowest BCUT2D eigenvalue weighted by Crippen LogP contribution is -2.32. The SMILES string of the molecule is Cc1ccc(NC(=O)NCCNc2cc(Nc3cc(C)ccn3)nc(C)n2)cc1. The molecule has 0 radical (unpaired) electrons. The van der Waals surface area contributed by atoms with Gasteiger partial charge in [-0.15, -0.1) is 0 Å². The molecule has 0 spiro atoms. The largest absolute Gasteiger partial charge is 0.368 e. The Kier molecular flexibility index (Phi) is 6.57. The van der Waals surface area contributed by atoms with E-state index in [9.17, 15) is 4.79 Å². The van der Waals surface area contributed by atoms with Crippen LogP contribution in [0.4, 0.5) is 27.9 Å². The summed E-state index contributed by atoms with van der Waals surface area (Å²) in [6.07, 6.45) is 1.75. The predicted molar refractivity (Wildman–Crippen MR) is 116 cm³/mol. The van der Waals surface area contributed by atoms with E-state index in [0.717, 1.165) is 22.6 Å². The third kappa shape index (κ3) is 6.46. The number of carbonyl (C=O) groups excluding carboxylic acids is 1. The normalized spacial score (nSPS) is 10.3. The fourth-order valence-corrected chi connectivity index (χ4v) is 2.64. The summed E-state index contributed by atoms with van der Waals surface area (Å²) in [6, 6.07) is 13.1. The molecular formula is C21H25N7O. The molecule has 0 aliphatic rings. The van der Waals surface area contributed by atoms with Crippen molar-refractivity contribution in [2.45, 2.75) is 20.8 Å². The number of aryl methyl sites for hydroxylation is 3. The highest BCUT2D eigenvalue weighted by atomic mass is 16.2. The molecule has 2 amide bonds. The van der Waals surface area contributed by atoms with Crippen LogP contribution in [0, 0.1) is 20.8 Å². The third-order valence-electron chi connectivity index (χ3n) is 4.04. The van der Waals surface area contributed by atoms with E-state index in [-0.39, 0.29) is 6.03 Å². The van der Waals surface area contributed by atoms with Crippen LogP contribution in [0.1, 0.15) is 17.0 Å². The number of anilines is 4. The van der Waals surface area contributed by atoms with Crippen molar-refractivity contribution in [3.63, 3.8) is 0 Å². The quantitative estimate of drug-likeness (QED) is 0.457. The van der Waals surface area contributed by atoms with Crippen LogP contribution >= 0.6 is 0 Å². The van der Waals surface area contributed by atoms with E-state index >= 15 is 0 Å². The number of carbonyl (C=O) groups is 1. The van der Waals surface area contributed by atoms with Gasteiger partial charge in [0, 0.05) is 31.0 Å². The van der Waals surface area contributed by atoms with Crippen molar-refractivity contribution < 1.29 is 4.79 Å². The van der Waals surface area contributed by atoms with Gasteiger partial charge in [-0.05, 0) is 50.6 Å². The zero-order valence-electron chi connectivity index (χ0n) is 16.8. The van der Waals surface area contributed by atoms with Gasteiger partial charge in [0.25, 0.3) is 0 Å². The van der Waals surface area contributed by atoms with Crippen molar-refractivity contribution in [2.24, 2.45) is 0 Å². The summed E-state index contributed by atoms with van der Waals surface area (Å²) in [6.45, 7) is 6.81. The van der Waals surface area contributed by atoms with E-state index in [1.807, 2.05) is 63.2 Å². The van der Waals surface area contributed by atoms with E-state index < -0.39 is 0 Å². The van der Waals surface area contributed by atoms with Gasteiger partial charge in [0.2, 0.25) is 0 Å². The number of hydrogen-bond donors (Lipinski definition) is 4. The number of nitrogens with one attached hydrogen (secondary N) is 4. The van der Waals surface area contributed by atoms with Gasteiger partial charge in [0.05, 0.1) is 0 Å². The minimum Gasteiger partial charge on any atom is -0.368 e. The zero-order valence-corrected chi connectivity index (χ0v) is 16.8. The van der Waals surface area contributed by atoms with Gasteiger partial charge in [-0.1, -0.05) is 17.7 Å². The van der Waals surface area contributed by atoms with Crippen molar-refractivity contribution in [1.82, 2.24) is 20.3 Å². The molecule has 0 aliphatic heterocycles. The Morgan fingerprint density at radius 3 is 2.38 bits per heavy atom. The molecule has 8 nitrogen and oxygen atoms in total. The van der Waals surface area contributed by atoms with E-state index in [1.165, 1.54) is 0 Å². The molecule has 3 aromatic rings. The van der Waals surface area contributed by atoms with E-state index in [1.54, 1.807) is 6.20 Å². The number of nitrogens with zero attached hydrogens (tertiary/aromatic N) is 3. The first-order chi connectivity index (χ1) is 14.0. The second kappa shape index (κ2) is 9.50. The molecular weight excluding hydrogens is 366 g/mol. The molecule has 3 rings (SSSR count). The summed E-state index contributed by atoms with van der Waals surface area (Å²) in [7, 11) is 0. The average molecular weight is 391 g/mol. The third-order valence-corrected chi connectivity index (χ3v) is 4.04. The lowest BCUT2D eigenvalue weighted by molar-refractivity contribution is 0.252. The molecule has 4 N–H and O–H groups in total. The number of pyridine rings is 1. The maximum Gasteiger partial charge on any atom is 0.319 e. The summed E-state index contributed by atoms with van der Waals surface area (Å²) in [5, 5.41) is 12.0. The summed E-state index contributed by atoms with van der Waals surface area (Å²) in [5.74, 6) is 2.69. The van der Waals surface area contributed by atoms with Gasteiger partial charge in [-0.3, -0.25) is 0 Å². The van der Waals surface area contributed by atoms with Crippen molar-refractivity contribution in [1.29, 1.82) is 0 Å². The molecule has 0 fully saturated rings. The molecule has 2 aromatic heterocycles. The number of rotatable bonds is 7. The molecule has 1 aromatic carbocycles. The number of amides is 2. The molecule has 0 unspecified atom stereocenters. The van der Waals surface area contributed by atoms with Crippen LogP contribution < -0.4 is 21.3 Å². The molecule has 0 saturated carbocycles. The molecule has 29 heavy (non-hydrogen) atoms. The lowest BCUT2D eigenvalue weighted by Gasteiger charge is -2.11. The maximum atomic E-state index is 12.0. The minimum atomic E-state index is -0.248. The summed E-state index contributed by atoms with van der Waals surface area (Å²) >= 11 is 0. The van der Waals surface area contributed by atoms with Crippen molar-refractivity contribution in [3.8, 4) is 0 Å². The molecule has 150 valence electrons. The van der Waals surface area contributed by atoms with Crippen LogP contribution in [0.5, 0.6) is 0 Å². The summed E-state index contributed by atoms with van der Waals surface area (Å²) < 4.78 is 0. The van der Waals surface area contributed by atoms with Gasteiger partial charge in [-0.2, -0.15) is 0 Å². The Bertz CT molecular complexity index is 973. The smallest absolute Gasteiger partial charge is 0.319 e. The van der Waals surface area contributed by atoms with Gasteiger partial charge < -0.3 is 21.3 Å². The molecule has 2 heterocycles. The van der Waals surface area contributed by atoms with Crippen LogP contribution in [0.15, 0.2) is 48.7 Å². The van der Waals surface area contributed by atoms with Crippen LogP contribution in [0.2, 0.25) is 0 Å². The number of hydrogen-bond acceptors (Lipinski definition) is 6. The lowest BCUT2D eigenvalue weighted by atomic mass is 10.2. The van der Waals surface area contributed by atoms with Crippen LogP contribution in [-0.2, 0) is 0 Å². The first kappa shape index (κ1) is 20.1. The summed E-state index contributed by atoms with van der Waals surface area (Å²) in [4.78, 5) is 25.0. The van der Waals surface area contributed by atoms with Crippen molar-refractivity contribution >= 4 is 29.2 Å². The molecule has 0 bridgehead atoms. The predicted octanol–water partition coefficient (Wildman–Crippen LogP) is 3.77. The fourth-order valence-electron chi connectivity index (χ4n) is 2.64. The highest BCUT2D eigenvalue weighted by Crippen LogP contribution is 2.16.